The van der Waals surface area contributed by atoms with Gasteiger partial charge in [0.25, 0.3) is 0 Å². The SMILES string of the molecule is Cn1cnc2cc(OC(=O)c3ccc(Cn4ccnc4)cc3)ccc21. The summed E-state index contributed by atoms with van der Waals surface area (Å²) in [4.78, 5) is 20.6. The first-order chi connectivity index (χ1) is 12.2. The first-order valence-corrected chi connectivity index (χ1v) is 7.87. The van der Waals surface area contributed by atoms with Crippen LogP contribution in [-0.2, 0) is 13.6 Å². The van der Waals surface area contributed by atoms with Gasteiger partial charge in [-0.25, -0.2) is 14.8 Å². The van der Waals surface area contributed by atoms with Crippen molar-refractivity contribution in [2.24, 2.45) is 7.05 Å². The van der Waals surface area contributed by atoms with Crippen molar-refractivity contribution in [1.29, 1.82) is 0 Å². The Morgan fingerprint density at radius 3 is 2.72 bits per heavy atom. The van der Waals surface area contributed by atoms with Crippen LogP contribution in [-0.4, -0.2) is 25.1 Å². The van der Waals surface area contributed by atoms with Crippen LogP contribution in [0, 0.1) is 0 Å². The summed E-state index contributed by atoms with van der Waals surface area (Å²) in [5.41, 5.74) is 3.38. The first kappa shape index (κ1) is 15.1. The Kier molecular flexibility index (Phi) is 3.78. The van der Waals surface area contributed by atoms with E-state index in [-0.39, 0.29) is 5.97 Å². The molecule has 0 saturated heterocycles. The number of ether oxygens (including phenoxy) is 1. The molecule has 0 unspecified atom stereocenters. The second kappa shape index (κ2) is 6.24. The zero-order chi connectivity index (χ0) is 17.2. The molecular formula is C19H16N4O2. The summed E-state index contributed by atoms with van der Waals surface area (Å²) in [7, 11) is 1.92. The van der Waals surface area contributed by atoms with Crippen LogP contribution in [0.2, 0.25) is 0 Å². The van der Waals surface area contributed by atoms with E-state index < -0.39 is 0 Å². The van der Waals surface area contributed by atoms with Crippen molar-refractivity contribution in [2.45, 2.75) is 6.54 Å². The summed E-state index contributed by atoms with van der Waals surface area (Å²) in [6, 6.07) is 12.8. The van der Waals surface area contributed by atoms with Crippen LogP contribution in [0.5, 0.6) is 5.75 Å². The Morgan fingerprint density at radius 2 is 1.96 bits per heavy atom. The van der Waals surface area contributed by atoms with Crippen LogP contribution < -0.4 is 4.74 Å². The van der Waals surface area contributed by atoms with Gasteiger partial charge in [-0.05, 0) is 29.8 Å². The van der Waals surface area contributed by atoms with Crippen molar-refractivity contribution >= 4 is 17.0 Å². The van der Waals surface area contributed by atoms with Gasteiger partial charge in [0.05, 0.1) is 29.3 Å². The number of aromatic nitrogens is 4. The highest BCUT2D eigenvalue weighted by atomic mass is 16.5. The Balaban J connectivity index is 1.48. The zero-order valence-corrected chi connectivity index (χ0v) is 13.7. The molecule has 0 bridgehead atoms. The number of esters is 1. The van der Waals surface area contributed by atoms with E-state index in [4.69, 9.17) is 4.74 Å². The molecule has 0 N–H and O–H groups in total. The van der Waals surface area contributed by atoms with Crippen LogP contribution in [0.1, 0.15) is 15.9 Å². The highest BCUT2D eigenvalue weighted by Gasteiger charge is 2.10. The predicted molar refractivity (Wildman–Crippen MR) is 93.4 cm³/mol. The van der Waals surface area contributed by atoms with Gasteiger partial charge in [-0.3, -0.25) is 0 Å². The summed E-state index contributed by atoms with van der Waals surface area (Å²) in [6.45, 7) is 0.714. The van der Waals surface area contributed by atoms with Crippen LogP contribution in [0.4, 0.5) is 0 Å². The predicted octanol–water partition coefficient (Wildman–Crippen LogP) is 3.04. The topological polar surface area (TPSA) is 61.9 Å². The van der Waals surface area contributed by atoms with E-state index in [0.29, 0.717) is 17.9 Å². The number of carbonyl (C=O) groups is 1. The summed E-state index contributed by atoms with van der Waals surface area (Å²) >= 11 is 0. The van der Waals surface area contributed by atoms with E-state index >= 15 is 0 Å². The fourth-order valence-electron chi connectivity index (χ4n) is 2.68. The molecule has 124 valence electrons. The quantitative estimate of drug-likeness (QED) is 0.426. The molecule has 0 aliphatic carbocycles. The van der Waals surface area contributed by atoms with Gasteiger partial charge in [0, 0.05) is 32.1 Å². The van der Waals surface area contributed by atoms with Crippen molar-refractivity contribution in [3.05, 3.63) is 78.6 Å². The maximum absolute atomic E-state index is 12.3. The van der Waals surface area contributed by atoms with E-state index in [1.54, 1.807) is 43.1 Å². The van der Waals surface area contributed by atoms with Crippen molar-refractivity contribution < 1.29 is 9.53 Å². The van der Waals surface area contributed by atoms with Gasteiger partial charge in [-0.1, -0.05) is 12.1 Å². The van der Waals surface area contributed by atoms with Crippen molar-refractivity contribution in [3.8, 4) is 5.75 Å². The smallest absolute Gasteiger partial charge is 0.343 e. The Labute approximate surface area is 144 Å². The second-order valence-electron chi connectivity index (χ2n) is 5.83. The lowest BCUT2D eigenvalue weighted by atomic mass is 10.1. The minimum Gasteiger partial charge on any atom is -0.423 e. The van der Waals surface area contributed by atoms with Crippen LogP contribution in [0.3, 0.4) is 0 Å². The molecule has 0 atom stereocenters. The Hall–Kier alpha value is -3.41. The summed E-state index contributed by atoms with van der Waals surface area (Å²) in [5.74, 6) is 0.100. The van der Waals surface area contributed by atoms with Crippen molar-refractivity contribution in [1.82, 2.24) is 19.1 Å². The fourth-order valence-corrected chi connectivity index (χ4v) is 2.68. The molecule has 0 radical (unpaired) electrons. The molecule has 0 spiro atoms. The Morgan fingerprint density at radius 1 is 1.12 bits per heavy atom. The number of imidazole rings is 2. The van der Waals surface area contributed by atoms with E-state index in [1.165, 1.54) is 0 Å². The van der Waals surface area contributed by atoms with Gasteiger partial charge in [0.1, 0.15) is 5.75 Å². The summed E-state index contributed by atoms with van der Waals surface area (Å²) in [6.07, 6.45) is 7.13. The van der Waals surface area contributed by atoms with Crippen molar-refractivity contribution in [2.75, 3.05) is 0 Å². The highest BCUT2D eigenvalue weighted by molar-refractivity contribution is 5.91. The fraction of sp³-hybridized carbons (Fsp3) is 0.105. The molecular weight excluding hydrogens is 316 g/mol. The molecule has 6 heteroatoms. The number of aryl methyl sites for hydroxylation is 1. The second-order valence-corrected chi connectivity index (χ2v) is 5.83. The van der Waals surface area contributed by atoms with Gasteiger partial charge in [-0.2, -0.15) is 0 Å². The number of benzene rings is 2. The van der Waals surface area contributed by atoms with E-state index in [2.05, 4.69) is 9.97 Å². The lowest BCUT2D eigenvalue weighted by molar-refractivity contribution is 0.0735. The number of hydrogen-bond donors (Lipinski definition) is 0. The van der Waals surface area contributed by atoms with E-state index in [9.17, 15) is 4.79 Å². The summed E-state index contributed by atoms with van der Waals surface area (Å²) in [5, 5.41) is 0. The molecule has 6 nitrogen and oxygen atoms in total. The van der Waals surface area contributed by atoms with Crippen molar-refractivity contribution in [3.63, 3.8) is 0 Å². The molecule has 2 aromatic carbocycles. The lowest BCUT2D eigenvalue weighted by Gasteiger charge is -2.06. The molecule has 4 aromatic rings. The third-order valence-electron chi connectivity index (χ3n) is 4.02. The molecule has 25 heavy (non-hydrogen) atoms. The third-order valence-corrected chi connectivity index (χ3v) is 4.02. The third kappa shape index (κ3) is 3.14. The maximum atomic E-state index is 12.3. The summed E-state index contributed by atoms with van der Waals surface area (Å²) < 4.78 is 9.34. The highest BCUT2D eigenvalue weighted by Crippen LogP contribution is 2.20. The number of hydrogen-bond acceptors (Lipinski definition) is 4. The monoisotopic (exact) mass is 332 g/mol. The number of nitrogens with zero attached hydrogens (tertiary/aromatic N) is 4. The van der Waals surface area contributed by atoms with Gasteiger partial charge in [0.15, 0.2) is 0 Å². The maximum Gasteiger partial charge on any atom is 0.343 e. The number of fused-ring (bicyclic) bond motifs is 1. The minimum atomic E-state index is -0.385. The number of carbonyl (C=O) groups excluding carboxylic acids is 1. The molecule has 0 amide bonds. The molecule has 4 rings (SSSR count). The molecule has 0 aliphatic rings. The minimum absolute atomic E-state index is 0.385. The number of rotatable bonds is 4. The first-order valence-electron chi connectivity index (χ1n) is 7.87. The van der Waals surface area contributed by atoms with Crippen LogP contribution in [0.25, 0.3) is 11.0 Å². The van der Waals surface area contributed by atoms with Gasteiger partial charge in [0.2, 0.25) is 0 Å². The normalized spacial score (nSPS) is 10.9. The van der Waals surface area contributed by atoms with Gasteiger partial charge in [-0.15, -0.1) is 0 Å². The molecule has 2 heterocycles. The van der Waals surface area contributed by atoms with E-state index in [1.807, 2.05) is 40.6 Å². The average molecular weight is 332 g/mol. The van der Waals surface area contributed by atoms with E-state index in [0.717, 1.165) is 16.6 Å². The average Bonchev–Trinajstić information content (AvgIpc) is 3.25. The largest absolute Gasteiger partial charge is 0.423 e. The van der Waals surface area contributed by atoms with Gasteiger partial charge >= 0.3 is 5.97 Å². The van der Waals surface area contributed by atoms with Gasteiger partial charge < -0.3 is 13.9 Å². The molecule has 0 fully saturated rings. The van der Waals surface area contributed by atoms with Crippen LogP contribution in [0.15, 0.2) is 67.5 Å². The molecule has 0 saturated carbocycles. The Bertz CT molecular complexity index is 1020. The standard InChI is InChI=1S/C19H16N4O2/c1-22-13-21-17-10-16(6-7-18(17)22)25-19(24)15-4-2-14(3-5-15)11-23-9-8-20-12-23/h2-10,12-13H,11H2,1H3. The molecule has 2 aromatic heterocycles. The lowest BCUT2D eigenvalue weighted by Crippen LogP contribution is -2.08. The van der Waals surface area contributed by atoms with Crippen LogP contribution >= 0.6 is 0 Å². The molecule has 0 aliphatic heterocycles. The zero-order valence-electron chi connectivity index (χ0n) is 13.7.